The molecule has 1 aliphatic heterocycles. The Bertz CT molecular complexity index is 767. The summed E-state index contributed by atoms with van der Waals surface area (Å²) in [5.41, 5.74) is 2.86. The number of hydrogen-bond donors (Lipinski definition) is 1. The Morgan fingerprint density at radius 1 is 1.20 bits per heavy atom. The number of ketones is 1. The molecule has 1 atom stereocenters. The van der Waals surface area contributed by atoms with E-state index in [1.54, 1.807) is 6.07 Å². The summed E-state index contributed by atoms with van der Waals surface area (Å²) >= 11 is 6.12. The summed E-state index contributed by atoms with van der Waals surface area (Å²) in [6.07, 6.45) is 0. The largest absolute Gasteiger partial charge is 0.507 e. The zero-order valence-electron chi connectivity index (χ0n) is 14.5. The van der Waals surface area contributed by atoms with E-state index >= 15 is 0 Å². The van der Waals surface area contributed by atoms with Crippen molar-refractivity contribution in [2.24, 2.45) is 0 Å². The highest BCUT2D eigenvalue weighted by atomic mass is 35.5. The van der Waals surface area contributed by atoms with Crippen molar-refractivity contribution in [2.75, 3.05) is 26.3 Å². The molecule has 0 saturated carbocycles. The third kappa shape index (κ3) is 3.87. The Labute approximate surface area is 153 Å². The fourth-order valence-corrected chi connectivity index (χ4v) is 3.42. The van der Waals surface area contributed by atoms with Gasteiger partial charge >= 0.3 is 0 Å². The molecule has 25 heavy (non-hydrogen) atoms. The van der Waals surface area contributed by atoms with Gasteiger partial charge in [0.2, 0.25) is 0 Å². The normalized spacial score (nSPS) is 16.6. The van der Waals surface area contributed by atoms with Crippen molar-refractivity contribution in [3.05, 3.63) is 52.5 Å². The average Bonchev–Trinajstić information content (AvgIpc) is 2.63. The molecule has 2 aromatic carbocycles. The first kappa shape index (κ1) is 17.9. The molecule has 5 heteroatoms. The van der Waals surface area contributed by atoms with Crippen LogP contribution in [-0.2, 0) is 4.74 Å². The summed E-state index contributed by atoms with van der Waals surface area (Å²) in [6, 6.07) is 11.5. The molecule has 0 bridgehead atoms. The Morgan fingerprint density at radius 2 is 1.84 bits per heavy atom. The number of phenols is 1. The van der Waals surface area contributed by atoms with Crippen LogP contribution in [0.15, 0.2) is 36.4 Å². The van der Waals surface area contributed by atoms with Gasteiger partial charge in [-0.25, -0.2) is 0 Å². The summed E-state index contributed by atoms with van der Waals surface area (Å²) in [5.74, 6) is -0.232. The minimum Gasteiger partial charge on any atom is -0.507 e. The van der Waals surface area contributed by atoms with E-state index in [4.69, 9.17) is 16.3 Å². The minimum atomic E-state index is -0.209. The lowest BCUT2D eigenvalue weighted by Crippen LogP contribution is -2.37. The number of carbonyl (C=O) groups is 1. The van der Waals surface area contributed by atoms with Crippen LogP contribution < -0.4 is 0 Å². The molecule has 0 spiro atoms. The first-order chi connectivity index (χ1) is 12.0. The van der Waals surface area contributed by atoms with E-state index in [-0.39, 0.29) is 17.1 Å². The summed E-state index contributed by atoms with van der Waals surface area (Å²) in [4.78, 5) is 14.1. The van der Waals surface area contributed by atoms with Crippen LogP contribution in [0.1, 0.15) is 35.8 Å². The van der Waals surface area contributed by atoms with Gasteiger partial charge in [-0.3, -0.25) is 9.69 Å². The van der Waals surface area contributed by atoms with Crippen molar-refractivity contribution < 1.29 is 14.6 Å². The molecule has 132 valence electrons. The van der Waals surface area contributed by atoms with Crippen LogP contribution in [-0.4, -0.2) is 42.1 Å². The van der Waals surface area contributed by atoms with Crippen molar-refractivity contribution >= 4 is 17.4 Å². The van der Waals surface area contributed by atoms with Crippen molar-refractivity contribution in [2.45, 2.75) is 19.9 Å². The number of Topliss-reactive ketones (excluding diaryl/α,β-unsaturated/α-hetero) is 1. The van der Waals surface area contributed by atoms with Crippen LogP contribution in [0.3, 0.4) is 0 Å². The molecular formula is C20H22ClNO3. The van der Waals surface area contributed by atoms with Crippen LogP contribution in [0.4, 0.5) is 0 Å². The average molecular weight is 360 g/mol. The Hall–Kier alpha value is -1.88. The van der Waals surface area contributed by atoms with Gasteiger partial charge in [-0.05, 0) is 37.1 Å². The molecule has 1 fully saturated rings. The number of benzene rings is 2. The number of aromatic hydroxyl groups is 1. The van der Waals surface area contributed by atoms with Crippen LogP contribution in [0.2, 0.25) is 5.02 Å². The summed E-state index contributed by atoms with van der Waals surface area (Å²) in [6.45, 7) is 7.01. The summed E-state index contributed by atoms with van der Waals surface area (Å²) < 4.78 is 5.41. The van der Waals surface area contributed by atoms with Gasteiger partial charge in [0, 0.05) is 29.7 Å². The Balaban J connectivity index is 1.89. The molecule has 1 aliphatic rings. The second-order valence-corrected chi connectivity index (χ2v) is 6.79. The molecule has 3 rings (SSSR count). The van der Waals surface area contributed by atoms with Crippen LogP contribution >= 0.6 is 11.6 Å². The van der Waals surface area contributed by atoms with E-state index in [9.17, 15) is 9.90 Å². The lowest BCUT2D eigenvalue weighted by molar-refractivity contribution is 0.0198. The fourth-order valence-electron chi connectivity index (χ4n) is 3.20. The molecule has 0 aliphatic carbocycles. The SMILES string of the molecule is CC(=O)c1cc(Cl)cc(-c2ccc([C@H](C)N3CCOCC3)cc2)c1O. The number of nitrogens with zero attached hydrogens (tertiary/aromatic N) is 1. The van der Waals surface area contributed by atoms with E-state index in [2.05, 4.69) is 24.0 Å². The first-order valence-corrected chi connectivity index (χ1v) is 8.80. The molecule has 1 heterocycles. The number of hydrogen-bond acceptors (Lipinski definition) is 4. The number of phenolic OH excluding ortho intramolecular Hbond substituents is 1. The molecule has 0 radical (unpaired) electrons. The molecule has 1 saturated heterocycles. The van der Waals surface area contributed by atoms with Gasteiger partial charge in [-0.1, -0.05) is 35.9 Å². The highest BCUT2D eigenvalue weighted by molar-refractivity contribution is 6.31. The van der Waals surface area contributed by atoms with Crippen molar-refractivity contribution in [1.29, 1.82) is 0 Å². The molecule has 1 N–H and O–H groups in total. The third-order valence-corrected chi connectivity index (χ3v) is 4.97. The van der Waals surface area contributed by atoms with Crippen molar-refractivity contribution in [3.8, 4) is 16.9 Å². The second-order valence-electron chi connectivity index (χ2n) is 6.35. The van der Waals surface area contributed by atoms with Gasteiger partial charge in [-0.2, -0.15) is 0 Å². The minimum absolute atomic E-state index is 0.0223. The molecule has 0 unspecified atom stereocenters. The van der Waals surface area contributed by atoms with Gasteiger partial charge in [0.15, 0.2) is 5.78 Å². The lowest BCUT2D eigenvalue weighted by atomic mass is 9.97. The fraction of sp³-hybridized carbons (Fsp3) is 0.350. The van der Waals surface area contributed by atoms with E-state index in [0.29, 0.717) is 16.6 Å². The predicted octanol–water partition coefficient (Wildman–Crippen LogP) is 4.31. The van der Waals surface area contributed by atoms with Gasteiger partial charge in [0.05, 0.1) is 18.8 Å². The van der Waals surface area contributed by atoms with Crippen molar-refractivity contribution in [1.82, 2.24) is 4.90 Å². The van der Waals surface area contributed by atoms with Crippen LogP contribution in [0.5, 0.6) is 5.75 Å². The van der Waals surface area contributed by atoms with Gasteiger partial charge in [0.1, 0.15) is 5.75 Å². The quantitative estimate of drug-likeness (QED) is 0.826. The van der Waals surface area contributed by atoms with E-state index in [1.807, 2.05) is 12.1 Å². The number of halogens is 1. The van der Waals surface area contributed by atoms with E-state index < -0.39 is 0 Å². The van der Waals surface area contributed by atoms with Crippen LogP contribution in [0.25, 0.3) is 11.1 Å². The molecule has 4 nitrogen and oxygen atoms in total. The Morgan fingerprint density at radius 3 is 2.44 bits per heavy atom. The molecule has 2 aromatic rings. The van der Waals surface area contributed by atoms with E-state index in [1.165, 1.54) is 18.6 Å². The maximum absolute atomic E-state index is 11.7. The van der Waals surface area contributed by atoms with Gasteiger partial charge in [0.25, 0.3) is 0 Å². The zero-order valence-corrected chi connectivity index (χ0v) is 15.2. The second kappa shape index (κ2) is 7.56. The maximum Gasteiger partial charge on any atom is 0.163 e. The maximum atomic E-state index is 11.7. The number of rotatable bonds is 4. The standard InChI is InChI=1S/C20H22ClNO3/c1-13(22-7-9-25-10-8-22)15-3-5-16(6-4-15)19-12-17(21)11-18(14(2)23)20(19)24/h3-6,11-13,24H,7-10H2,1-2H3/t13-/m0/s1. The predicted molar refractivity (Wildman–Crippen MR) is 99.4 cm³/mol. The first-order valence-electron chi connectivity index (χ1n) is 8.43. The highest BCUT2D eigenvalue weighted by Gasteiger charge is 2.19. The van der Waals surface area contributed by atoms with Crippen molar-refractivity contribution in [3.63, 3.8) is 0 Å². The number of morpholine rings is 1. The van der Waals surface area contributed by atoms with Gasteiger partial charge < -0.3 is 9.84 Å². The molecular weight excluding hydrogens is 338 g/mol. The smallest absolute Gasteiger partial charge is 0.163 e. The van der Waals surface area contributed by atoms with E-state index in [0.717, 1.165) is 31.9 Å². The monoisotopic (exact) mass is 359 g/mol. The third-order valence-electron chi connectivity index (χ3n) is 4.75. The number of ether oxygens (including phenoxy) is 1. The molecule has 0 aromatic heterocycles. The molecule has 0 amide bonds. The highest BCUT2D eigenvalue weighted by Crippen LogP contribution is 2.36. The lowest BCUT2D eigenvalue weighted by Gasteiger charge is -2.32. The zero-order chi connectivity index (χ0) is 18.0. The summed E-state index contributed by atoms with van der Waals surface area (Å²) in [7, 11) is 0. The Kier molecular flexibility index (Phi) is 5.42. The van der Waals surface area contributed by atoms with Gasteiger partial charge in [-0.15, -0.1) is 0 Å². The summed E-state index contributed by atoms with van der Waals surface area (Å²) in [5, 5.41) is 10.9. The van der Waals surface area contributed by atoms with Crippen LogP contribution in [0, 0.1) is 0 Å². The topological polar surface area (TPSA) is 49.8 Å². The number of carbonyl (C=O) groups excluding carboxylic acids is 1.